The second-order valence-electron chi connectivity index (χ2n) is 4.49. The average Bonchev–Trinajstić information content (AvgIpc) is 2.62. The number of esters is 1. The third-order valence-electron chi connectivity index (χ3n) is 3.75. The first-order chi connectivity index (χ1) is 6.65. The van der Waals surface area contributed by atoms with Crippen molar-refractivity contribution in [1.82, 2.24) is 0 Å². The number of Topliss-reactive ketones (excluding diaryl/α,β-unsaturated/α-hetero) is 1. The molecule has 1 unspecified atom stereocenters. The van der Waals surface area contributed by atoms with Crippen LogP contribution in [0.3, 0.4) is 0 Å². The van der Waals surface area contributed by atoms with Crippen LogP contribution < -0.4 is 0 Å². The van der Waals surface area contributed by atoms with E-state index in [2.05, 4.69) is 0 Å². The van der Waals surface area contributed by atoms with Gasteiger partial charge in [-0.3, -0.25) is 9.59 Å². The lowest BCUT2D eigenvalue weighted by atomic mass is 9.58. The molecule has 0 radical (unpaired) electrons. The van der Waals surface area contributed by atoms with Crippen molar-refractivity contribution < 1.29 is 14.3 Å². The minimum Gasteiger partial charge on any atom is -0.466 e. The van der Waals surface area contributed by atoms with E-state index in [1.54, 1.807) is 0 Å². The molecule has 0 aromatic carbocycles. The lowest BCUT2D eigenvalue weighted by Gasteiger charge is -2.44. The Bertz CT molecular complexity index is 264. The predicted octanol–water partition coefficient (Wildman–Crippen LogP) is 1.70. The largest absolute Gasteiger partial charge is 0.466 e. The maximum Gasteiger partial charge on any atom is 0.302 e. The SMILES string of the molecule is CC(=O)OCC1CC(=O)C12CCCC2. The third-order valence-corrected chi connectivity index (χ3v) is 3.75. The minimum atomic E-state index is -0.238. The van der Waals surface area contributed by atoms with Gasteiger partial charge in [0.25, 0.3) is 0 Å². The van der Waals surface area contributed by atoms with Gasteiger partial charge in [-0.15, -0.1) is 0 Å². The van der Waals surface area contributed by atoms with E-state index in [1.807, 2.05) is 0 Å². The summed E-state index contributed by atoms with van der Waals surface area (Å²) in [5, 5.41) is 0. The van der Waals surface area contributed by atoms with Gasteiger partial charge in [0.2, 0.25) is 0 Å². The van der Waals surface area contributed by atoms with Crippen LogP contribution in [-0.4, -0.2) is 18.4 Å². The van der Waals surface area contributed by atoms with Crippen LogP contribution in [0.4, 0.5) is 0 Å². The van der Waals surface area contributed by atoms with Crippen molar-refractivity contribution in [3.63, 3.8) is 0 Å². The Labute approximate surface area is 83.8 Å². The van der Waals surface area contributed by atoms with E-state index in [0.29, 0.717) is 24.7 Å². The minimum absolute atomic E-state index is 0.0878. The molecule has 2 aliphatic rings. The molecule has 1 spiro atoms. The fraction of sp³-hybridized carbons (Fsp3) is 0.818. The van der Waals surface area contributed by atoms with Crippen molar-refractivity contribution >= 4 is 11.8 Å². The molecule has 2 aliphatic carbocycles. The van der Waals surface area contributed by atoms with Crippen molar-refractivity contribution in [2.75, 3.05) is 6.61 Å². The summed E-state index contributed by atoms with van der Waals surface area (Å²) >= 11 is 0. The third kappa shape index (κ3) is 1.35. The first kappa shape index (κ1) is 9.69. The maximum atomic E-state index is 11.6. The number of ether oxygens (including phenoxy) is 1. The van der Waals surface area contributed by atoms with Crippen LogP contribution in [0.1, 0.15) is 39.0 Å². The molecule has 3 heteroatoms. The molecule has 0 saturated heterocycles. The summed E-state index contributed by atoms with van der Waals surface area (Å²) in [6.07, 6.45) is 4.95. The molecule has 0 heterocycles. The van der Waals surface area contributed by atoms with Crippen molar-refractivity contribution in [3.8, 4) is 0 Å². The average molecular weight is 196 g/mol. The Morgan fingerprint density at radius 1 is 1.50 bits per heavy atom. The molecule has 2 saturated carbocycles. The highest BCUT2D eigenvalue weighted by Crippen LogP contribution is 2.54. The molecule has 78 valence electrons. The molecular formula is C11H16O3. The van der Waals surface area contributed by atoms with Gasteiger partial charge in [0.05, 0.1) is 6.61 Å². The number of ketones is 1. The molecule has 1 atom stereocenters. The molecule has 14 heavy (non-hydrogen) atoms. The summed E-state index contributed by atoms with van der Waals surface area (Å²) < 4.78 is 4.99. The van der Waals surface area contributed by atoms with E-state index in [1.165, 1.54) is 6.92 Å². The maximum absolute atomic E-state index is 11.6. The van der Waals surface area contributed by atoms with Gasteiger partial charge in [0, 0.05) is 24.7 Å². The number of hydrogen-bond donors (Lipinski definition) is 0. The van der Waals surface area contributed by atoms with E-state index in [-0.39, 0.29) is 11.4 Å². The van der Waals surface area contributed by atoms with E-state index in [9.17, 15) is 9.59 Å². The molecule has 3 nitrogen and oxygen atoms in total. The first-order valence-electron chi connectivity index (χ1n) is 5.32. The van der Waals surface area contributed by atoms with Crippen LogP contribution in [0, 0.1) is 11.3 Å². The summed E-state index contributed by atoms with van der Waals surface area (Å²) in [4.78, 5) is 22.2. The summed E-state index contributed by atoms with van der Waals surface area (Å²) in [7, 11) is 0. The lowest BCUT2D eigenvalue weighted by molar-refractivity contribution is -0.157. The zero-order valence-corrected chi connectivity index (χ0v) is 8.54. The van der Waals surface area contributed by atoms with Crippen LogP contribution in [-0.2, 0) is 14.3 Å². The molecule has 0 aromatic heterocycles. The van der Waals surface area contributed by atoms with Crippen molar-refractivity contribution in [2.24, 2.45) is 11.3 Å². The smallest absolute Gasteiger partial charge is 0.302 e. The van der Waals surface area contributed by atoms with Gasteiger partial charge in [-0.05, 0) is 12.8 Å². The van der Waals surface area contributed by atoms with Crippen LogP contribution in [0.5, 0.6) is 0 Å². The molecule has 0 aromatic rings. The zero-order valence-electron chi connectivity index (χ0n) is 8.54. The summed E-state index contributed by atoms with van der Waals surface area (Å²) in [6, 6.07) is 0. The monoisotopic (exact) mass is 196 g/mol. The Balaban J connectivity index is 1.94. The molecule has 0 bridgehead atoms. The number of carbonyl (C=O) groups is 2. The summed E-state index contributed by atoms with van der Waals surface area (Å²) in [5.41, 5.74) is -0.0878. The quantitative estimate of drug-likeness (QED) is 0.631. The lowest BCUT2D eigenvalue weighted by Crippen LogP contribution is -2.50. The van der Waals surface area contributed by atoms with Gasteiger partial charge >= 0.3 is 5.97 Å². The molecule has 0 aliphatic heterocycles. The predicted molar refractivity (Wildman–Crippen MR) is 50.6 cm³/mol. The van der Waals surface area contributed by atoms with E-state index < -0.39 is 0 Å². The highest BCUT2D eigenvalue weighted by molar-refractivity contribution is 5.91. The van der Waals surface area contributed by atoms with Crippen molar-refractivity contribution in [3.05, 3.63) is 0 Å². The fourth-order valence-corrected chi connectivity index (χ4v) is 2.85. The first-order valence-corrected chi connectivity index (χ1v) is 5.32. The Morgan fingerprint density at radius 2 is 2.14 bits per heavy atom. The number of rotatable bonds is 2. The van der Waals surface area contributed by atoms with Gasteiger partial charge in [-0.2, -0.15) is 0 Å². The molecule has 2 fully saturated rings. The van der Waals surface area contributed by atoms with Crippen LogP contribution >= 0.6 is 0 Å². The van der Waals surface area contributed by atoms with Crippen LogP contribution in [0.25, 0.3) is 0 Å². The second-order valence-corrected chi connectivity index (χ2v) is 4.49. The van der Waals surface area contributed by atoms with Gasteiger partial charge in [-0.25, -0.2) is 0 Å². The van der Waals surface area contributed by atoms with Crippen LogP contribution in [0.15, 0.2) is 0 Å². The van der Waals surface area contributed by atoms with Gasteiger partial charge in [0.15, 0.2) is 0 Å². The highest BCUT2D eigenvalue weighted by atomic mass is 16.5. The normalized spacial score (nSPS) is 28.9. The molecule has 2 rings (SSSR count). The van der Waals surface area contributed by atoms with Gasteiger partial charge < -0.3 is 4.74 Å². The van der Waals surface area contributed by atoms with Crippen LogP contribution in [0.2, 0.25) is 0 Å². The molecule has 0 N–H and O–H groups in total. The standard InChI is InChI=1S/C11H16O3/c1-8(12)14-7-9-6-10(13)11(9)4-2-3-5-11/h9H,2-7H2,1H3. The fourth-order valence-electron chi connectivity index (χ4n) is 2.85. The van der Waals surface area contributed by atoms with Gasteiger partial charge in [-0.1, -0.05) is 12.8 Å². The molecule has 0 amide bonds. The Kier molecular flexibility index (Phi) is 2.33. The Hall–Kier alpha value is -0.860. The van der Waals surface area contributed by atoms with Crippen molar-refractivity contribution in [2.45, 2.75) is 39.0 Å². The van der Waals surface area contributed by atoms with E-state index in [0.717, 1.165) is 25.7 Å². The Morgan fingerprint density at radius 3 is 2.64 bits per heavy atom. The van der Waals surface area contributed by atoms with Crippen molar-refractivity contribution in [1.29, 1.82) is 0 Å². The van der Waals surface area contributed by atoms with Gasteiger partial charge in [0.1, 0.15) is 5.78 Å². The number of hydrogen-bond acceptors (Lipinski definition) is 3. The van der Waals surface area contributed by atoms with E-state index in [4.69, 9.17) is 4.74 Å². The van der Waals surface area contributed by atoms with E-state index >= 15 is 0 Å². The topological polar surface area (TPSA) is 43.4 Å². The highest BCUT2D eigenvalue weighted by Gasteiger charge is 2.55. The molecular weight excluding hydrogens is 180 g/mol. The zero-order chi connectivity index (χ0) is 10.2. The second kappa shape index (κ2) is 3.37. The summed E-state index contributed by atoms with van der Waals surface area (Å²) in [6.45, 7) is 1.86. The number of carbonyl (C=O) groups excluding carboxylic acids is 2. The summed E-state index contributed by atoms with van der Waals surface area (Å²) in [5.74, 6) is 0.464.